The Hall–Kier alpha value is -1.14. The highest BCUT2D eigenvalue weighted by atomic mass is 79.9. The minimum absolute atomic E-state index is 0.175. The first kappa shape index (κ1) is 13.3. The largest absolute Gasteiger partial charge is 0.496 e. The maximum absolute atomic E-state index is 13.4. The number of ether oxygens (including phenoxy) is 1. The van der Waals surface area contributed by atoms with Crippen LogP contribution in [0.3, 0.4) is 0 Å². The van der Waals surface area contributed by atoms with Gasteiger partial charge in [0.05, 0.1) is 29.0 Å². The van der Waals surface area contributed by atoms with Crippen LogP contribution in [0.4, 0.5) is 4.39 Å². The zero-order valence-electron chi connectivity index (χ0n) is 9.17. The zero-order valence-corrected chi connectivity index (χ0v) is 12.3. The molecular weight excluding hydrogens is 371 g/mol. The van der Waals surface area contributed by atoms with Gasteiger partial charge in [0.15, 0.2) is 4.67 Å². The van der Waals surface area contributed by atoms with Crippen LogP contribution in [-0.2, 0) is 0 Å². The van der Waals surface area contributed by atoms with Crippen molar-refractivity contribution in [3.8, 4) is 5.75 Å². The Bertz CT molecular complexity index is 607. The standard InChI is InChI=1S/C12H7Br2FO3/c1-17-10-5-9(15)8(13)4-7(10)11(16)6-2-3-18-12(6)14/h2-5H,1H3. The van der Waals surface area contributed by atoms with Gasteiger partial charge in [0.25, 0.3) is 0 Å². The van der Waals surface area contributed by atoms with Crippen LogP contribution in [0.25, 0.3) is 0 Å². The van der Waals surface area contributed by atoms with Gasteiger partial charge in [0.1, 0.15) is 11.6 Å². The van der Waals surface area contributed by atoms with E-state index in [4.69, 9.17) is 9.15 Å². The fourth-order valence-corrected chi connectivity index (χ4v) is 2.24. The fraction of sp³-hybridized carbons (Fsp3) is 0.0833. The lowest BCUT2D eigenvalue weighted by Gasteiger charge is -2.08. The van der Waals surface area contributed by atoms with E-state index in [9.17, 15) is 9.18 Å². The third-order valence-electron chi connectivity index (χ3n) is 2.35. The summed E-state index contributed by atoms with van der Waals surface area (Å²) in [5, 5.41) is 0. The Morgan fingerprint density at radius 1 is 1.33 bits per heavy atom. The van der Waals surface area contributed by atoms with Gasteiger partial charge in [-0.15, -0.1) is 0 Å². The number of carbonyl (C=O) groups excluding carboxylic acids is 1. The quantitative estimate of drug-likeness (QED) is 0.753. The second-order valence-corrected chi connectivity index (χ2v) is 4.98. The molecule has 0 atom stereocenters. The van der Waals surface area contributed by atoms with Gasteiger partial charge in [-0.3, -0.25) is 4.79 Å². The molecule has 0 aliphatic heterocycles. The molecule has 1 aromatic heterocycles. The Kier molecular flexibility index (Phi) is 3.87. The third-order valence-corrected chi connectivity index (χ3v) is 3.57. The van der Waals surface area contributed by atoms with E-state index in [-0.39, 0.29) is 21.6 Å². The molecule has 2 rings (SSSR count). The monoisotopic (exact) mass is 376 g/mol. The molecule has 18 heavy (non-hydrogen) atoms. The van der Waals surface area contributed by atoms with E-state index in [2.05, 4.69) is 31.9 Å². The number of benzene rings is 1. The molecular formula is C12H7Br2FO3. The first-order valence-corrected chi connectivity index (χ1v) is 6.44. The Balaban J connectivity index is 2.54. The van der Waals surface area contributed by atoms with Gasteiger partial charge in [-0.2, -0.15) is 0 Å². The van der Waals surface area contributed by atoms with Crippen molar-refractivity contribution < 1.29 is 18.3 Å². The molecule has 0 saturated carbocycles. The second-order valence-electron chi connectivity index (χ2n) is 3.40. The molecule has 0 radical (unpaired) electrons. The van der Waals surface area contributed by atoms with Gasteiger partial charge in [-0.1, -0.05) is 0 Å². The number of rotatable bonds is 3. The van der Waals surface area contributed by atoms with Crippen LogP contribution in [0, 0.1) is 5.82 Å². The summed E-state index contributed by atoms with van der Waals surface area (Å²) >= 11 is 6.17. The number of ketones is 1. The SMILES string of the molecule is COc1cc(F)c(Br)cc1C(=O)c1ccoc1Br. The van der Waals surface area contributed by atoms with E-state index in [1.54, 1.807) is 0 Å². The normalized spacial score (nSPS) is 10.4. The molecule has 1 heterocycles. The average molecular weight is 378 g/mol. The van der Waals surface area contributed by atoms with E-state index in [1.807, 2.05) is 0 Å². The average Bonchev–Trinajstić information content (AvgIpc) is 2.77. The minimum Gasteiger partial charge on any atom is -0.496 e. The molecule has 0 amide bonds. The lowest BCUT2D eigenvalue weighted by Crippen LogP contribution is -2.04. The summed E-state index contributed by atoms with van der Waals surface area (Å²) in [4.78, 5) is 12.3. The van der Waals surface area contributed by atoms with Crippen molar-refractivity contribution in [3.63, 3.8) is 0 Å². The van der Waals surface area contributed by atoms with E-state index in [0.717, 1.165) is 6.07 Å². The first-order chi connectivity index (χ1) is 8.54. The molecule has 2 aromatic rings. The van der Waals surface area contributed by atoms with Crippen molar-refractivity contribution in [3.05, 3.63) is 50.5 Å². The highest BCUT2D eigenvalue weighted by Gasteiger charge is 2.20. The molecule has 3 nitrogen and oxygen atoms in total. The van der Waals surface area contributed by atoms with Crippen molar-refractivity contribution in [1.82, 2.24) is 0 Å². The molecule has 0 fully saturated rings. The summed E-state index contributed by atoms with van der Waals surface area (Å²) in [6, 6.07) is 4.07. The van der Waals surface area contributed by atoms with Crippen LogP contribution in [0.5, 0.6) is 5.75 Å². The molecule has 6 heteroatoms. The van der Waals surface area contributed by atoms with Crippen molar-refractivity contribution in [2.24, 2.45) is 0 Å². The number of hydrogen-bond acceptors (Lipinski definition) is 3. The Labute approximate surface area is 119 Å². The van der Waals surface area contributed by atoms with Crippen molar-refractivity contribution in [1.29, 1.82) is 0 Å². The summed E-state index contributed by atoms with van der Waals surface area (Å²) in [6.45, 7) is 0. The molecule has 0 saturated heterocycles. The molecule has 0 unspecified atom stereocenters. The molecule has 94 valence electrons. The lowest BCUT2D eigenvalue weighted by molar-refractivity contribution is 0.103. The highest BCUT2D eigenvalue weighted by Crippen LogP contribution is 2.30. The number of furan rings is 1. The van der Waals surface area contributed by atoms with Crippen LogP contribution in [0.15, 0.2) is 38.0 Å². The molecule has 0 N–H and O–H groups in total. The van der Waals surface area contributed by atoms with Gasteiger partial charge < -0.3 is 9.15 Å². The topological polar surface area (TPSA) is 39.4 Å². The first-order valence-electron chi connectivity index (χ1n) is 4.85. The Morgan fingerprint density at radius 2 is 2.06 bits per heavy atom. The number of halogens is 3. The van der Waals surface area contributed by atoms with Gasteiger partial charge in [0, 0.05) is 6.07 Å². The fourth-order valence-electron chi connectivity index (χ4n) is 1.48. The highest BCUT2D eigenvalue weighted by molar-refractivity contribution is 9.10. The summed E-state index contributed by atoms with van der Waals surface area (Å²) in [6.07, 6.45) is 1.39. The molecule has 0 bridgehead atoms. The lowest BCUT2D eigenvalue weighted by atomic mass is 10.1. The summed E-state index contributed by atoms with van der Waals surface area (Å²) < 4.78 is 23.9. The van der Waals surface area contributed by atoms with Crippen LogP contribution < -0.4 is 4.74 Å². The van der Waals surface area contributed by atoms with Gasteiger partial charge in [-0.25, -0.2) is 4.39 Å². The van der Waals surface area contributed by atoms with Crippen LogP contribution >= 0.6 is 31.9 Å². The van der Waals surface area contributed by atoms with E-state index in [0.29, 0.717) is 10.2 Å². The van der Waals surface area contributed by atoms with Gasteiger partial charge >= 0.3 is 0 Å². The minimum atomic E-state index is -0.491. The Morgan fingerprint density at radius 3 is 2.61 bits per heavy atom. The zero-order chi connectivity index (χ0) is 13.3. The van der Waals surface area contributed by atoms with E-state index in [1.165, 1.54) is 25.5 Å². The maximum Gasteiger partial charge on any atom is 0.201 e. The molecule has 0 spiro atoms. The van der Waals surface area contributed by atoms with Crippen molar-refractivity contribution in [2.75, 3.05) is 7.11 Å². The third kappa shape index (κ3) is 2.35. The van der Waals surface area contributed by atoms with E-state index < -0.39 is 5.82 Å². The number of hydrogen-bond donors (Lipinski definition) is 0. The number of carbonyl (C=O) groups is 1. The van der Waals surface area contributed by atoms with Crippen molar-refractivity contribution in [2.45, 2.75) is 0 Å². The van der Waals surface area contributed by atoms with Gasteiger partial charge in [-0.05, 0) is 44.0 Å². The predicted molar refractivity (Wildman–Crippen MR) is 70.5 cm³/mol. The van der Waals surface area contributed by atoms with Crippen LogP contribution in [0.1, 0.15) is 15.9 Å². The molecule has 0 aliphatic carbocycles. The van der Waals surface area contributed by atoms with Gasteiger partial charge in [0.2, 0.25) is 5.78 Å². The van der Waals surface area contributed by atoms with Crippen LogP contribution in [0.2, 0.25) is 0 Å². The smallest absolute Gasteiger partial charge is 0.201 e. The second kappa shape index (κ2) is 5.24. The van der Waals surface area contributed by atoms with Crippen molar-refractivity contribution >= 4 is 37.6 Å². The summed E-state index contributed by atoms with van der Waals surface area (Å²) in [5.41, 5.74) is 0.611. The molecule has 0 aliphatic rings. The number of methoxy groups -OCH3 is 1. The summed E-state index contributed by atoms with van der Waals surface area (Å²) in [7, 11) is 1.38. The van der Waals surface area contributed by atoms with E-state index >= 15 is 0 Å². The predicted octanol–water partition coefficient (Wildman–Crippen LogP) is 4.18. The maximum atomic E-state index is 13.4. The molecule has 1 aromatic carbocycles. The summed E-state index contributed by atoms with van der Waals surface area (Å²) in [5.74, 6) is -0.628. The van der Waals surface area contributed by atoms with Crippen LogP contribution in [-0.4, -0.2) is 12.9 Å².